The molecule has 5 heteroatoms. The van der Waals surface area contributed by atoms with Gasteiger partial charge >= 0.3 is 0 Å². The van der Waals surface area contributed by atoms with Crippen molar-refractivity contribution >= 4 is 93.2 Å². The van der Waals surface area contributed by atoms with E-state index >= 15 is 0 Å². The quantitative estimate of drug-likeness (QED) is 0.173. The molecule has 0 aliphatic carbocycles. The summed E-state index contributed by atoms with van der Waals surface area (Å²) in [5, 5.41) is 9.06. The Hall–Kier alpha value is -7.55. The molecular formula is C49H27N3O2. The minimum atomic E-state index is 0.583. The molecule has 0 aliphatic heterocycles. The second-order valence-corrected chi connectivity index (χ2v) is 14.0. The number of benzene rings is 8. The fourth-order valence-corrected chi connectivity index (χ4v) is 8.71. The summed E-state index contributed by atoms with van der Waals surface area (Å²) in [6.07, 6.45) is 0. The van der Waals surface area contributed by atoms with Crippen LogP contribution >= 0.6 is 0 Å². The Bertz CT molecular complexity index is 3590. The van der Waals surface area contributed by atoms with Crippen LogP contribution in [-0.4, -0.2) is 9.13 Å². The van der Waals surface area contributed by atoms with Crippen LogP contribution in [0.25, 0.3) is 115 Å². The summed E-state index contributed by atoms with van der Waals surface area (Å²) < 4.78 is 17.3. The van der Waals surface area contributed by atoms with E-state index in [-0.39, 0.29) is 0 Å². The van der Waals surface area contributed by atoms with Crippen LogP contribution in [0.3, 0.4) is 0 Å². The van der Waals surface area contributed by atoms with Crippen LogP contribution in [0.5, 0.6) is 0 Å². The largest absolute Gasteiger partial charge is 0.456 e. The molecule has 250 valence electrons. The van der Waals surface area contributed by atoms with Crippen LogP contribution in [0, 0.1) is 6.57 Å². The normalized spacial score (nSPS) is 12.1. The predicted octanol–water partition coefficient (Wildman–Crippen LogP) is 13.9. The van der Waals surface area contributed by atoms with Gasteiger partial charge in [-0.25, -0.2) is 4.85 Å². The zero-order valence-electron chi connectivity index (χ0n) is 28.7. The number of hydrogen-bond acceptors (Lipinski definition) is 2. The van der Waals surface area contributed by atoms with Crippen LogP contribution in [-0.2, 0) is 0 Å². The highest BCUT2D eigenvalue weighted by Gasteiger charge is 2.20. The van der Waals surface area contributed by atoms with Crippen LogP contribution in [0.4, 0.5) is 5.69 Å². The summed E-state index contributed by atoms with van der Waals surface area (Å²) >= 11 is 0. The summed E-state index contributed by atoms with van der Waals surface area (Å²) in [4.78, 5) is 4.03. The van der Waals surface area contributed by atoms with Gasteiger partial charge in [0.1, 0.15) is 22.3 Å². The zero-order chi connectivity index (χ0) is 35.5. The van der Waals surface area contributed by atoms with Gasteiger partial charge in [-0.1, -0.05) is 97.1 Å². The van der Waals surface area contributed by atoms with E-state index in [1.54, 1.807) is 0 Å². The van der Waals surface area contributed by atoms with Crippen LogP contribution < -0.4 is 0 Å². The number of nitrogens with zero attached hydrogens (tertiary/aromatic N) is 3. The number of aromatic nitrogens is 2. The molecule has 4 heterocycles. The summed E-state index contributed by atoms with van der Waals surface area (Å²) in [6, 6.07) is 57.1. The maximum Gasteiger partial charge on any atom is 0.210 e. The first-order valence-corrected chi connectivity index (χ1v) is 18.0. The van der Waals surface area contributed by atoms with Gasteiger partial charge in [0.15, 0.2) is 0 Å². The third-order valence-corrected chi connectivity index (χ3v) is 11.1. The van der Waals surface area contributed by atoms with E-state index < -0.39 is 0 Å². The fraction of sp³-hybridized carbons (Fsp3) is 0. The van der Waals surface area contributed by atoms with Crippen LogP contribution in [0.2, 0.25) is 0 Å². The summed E-state index contributed by atoms with van der Waals surface area (Å²) in [5.74, 6) is 0. The lowest BCUT2D eigenvalue weighted by molar-refractivity contribution is 0.669. The SMILES string of the molecule is [C-]#[N+]c1ccc(-c2cccc(-n3c4ccccc4c4cc5c(cc43)oc3ccccc35)c2)cc1-n1c2ccccc2c2cc3c(cc21)oc1ccccc13. The summed E-state index contributed by atoms with van der Waals surface area (Å²) in [5.41, 5.74) is 12.3. The van der Waals surface area contributed by atoms with Gasteiger partial charge in [-0.15, -0.1) is 0 Å². The van der Waals surface area contributed by atoms with E-state index in [2.05, 4.69) is 141 Å². The van der Waals surface area contributed by atoms with Gasteiger partial charge in [-0.3, -0.25) is 0 Å². The maximum atomic E-state index is 8.24. The molecule has 0 aliphatic rings. The van der Waals surface area contributed by atoms with Gasteiger partial charge in [-0.05, 0) is 65.7 Å². The molecule has 0 atom stereocenters. The smallest absolute Gasteiger partial charge is 0.210 e. The highest BCUT2D eigenvalue weighted by molar-refractivity contribution is 6.19. The highest BCUT2D eigenvalue weighted by atomic mass is 16.3. The van der Waals surface area contributed by atoms with Gasteiger partial charge in [-0.2, -0.15) is 0 Å². The third-order valence-electron chi connectivity index (χ3n) is 11.1. The molecule has 54 heavy (non-hydrogen) atoms. The van der Waals surface area contributed by atoms with Crippen molar-refractivity contribution in [3.05, 3.63) is 175 Å². The number of rotatable bonds is 3. The monoisotopic (exact) mass is 689 g/mol. The minimum Gasteiger partial charge on any atom is -0.456 e. The van der Waals surface area contributed by atoms with Gasteiger partial charge in [0.25, 0.3) is 0 Å². The van der Waals surface area contributed by atoms with Crippen molar-refractivity contribution in [2.45, 2.75) is 0 Å². The van der Waals surface area contributed by atoms with Crippen molar-refractivity contribution in [1.29, 1.82) is 0 Å². The van der Waals surface area contributed by atoms with E-state index in [9.17, 15) is 0 Å². The molecule has 5 nitrogen and oxygen atoms in total. The molecule has 4 aromatic heterocycles. The lowest BCUT2D eigenvalue weighted by atomic mass is 10.0. The first-order chi connectivity index (χ1) is 26.7. The molecule has 0 spiro atoms. The van der Waals surface area contributed by atoms with Crippen LogP contribution in [0.1, 0.15) is 0 Å². The Morgan fingerprint density at radius 3 is 1.54 bits per heavy atom. The van der Waals surface area contributed by atoms with E-state index in [0.717, 1.165) is 99.2 Å². The fourth-order valence-electron chi connectivity index (χ4n) is 8.71. The standard InChI is InChI=1S/C49H27N3O2/c1-50-40-22-21-30(24-45(40)52-42-18-7-3-14-33(42)37-26-39-35-16-5-9-20-47(35)54-49(39)28-44(37)52)29-11-10-12-31(23-29)51-41-17-6-2-13-32(41)36-25-38-34-15-4-8-19-46(34)53-48(38)27-43(36)51/h2-28H. The van der Waals surface area contributed by atoms with Crippen molar-refractivity contribution in [3.63, 3.8) is 0 Å². The Morgan fingerprint density at radius 2 is 0.907 bits per heavy atom. The maximum absolute atomic E-state index is 8.24. The van der Waals surface area contributed by atoms with E-state index in [1.807, 2.05) is 36.4 Å². The summed E-state index contributed by atoms with van der Waals surface area (Å²) in [6.45, 7) is 8.24. The molecule has 0 unspecified atom stereocenters. The molecule has 0 radical (unpaired) electrons. The van der Waals surface area contributed by atoms with Crippen molar-refractivity contribution < 1.29 is 8.83 Å². The average Bonchev–Trinajstić information content (AvgIpc) is 3.96. The molecule has 0 saturated heterocycles. The van der Waals surface area contributed by atoms with Gasteiger partial charge < -0.3 is 18.0 Å². The number of fused-ring (bicyclic) bond motifs is 12. The van der Waals surface area contributed by atoms with E-state index in [0.29, 0.717) is 5.69 Å². The Balaban J connectivity index is 1.07. The van der Waals surface area contributed by atoms with Crippen LogP contribution in [0.15, 0.2) is 173 Å². The van der Waals surface area contributed by atoms with Crippen molar-refractivity contribution in [3.8, 4) is 22.5 Å². The summed E-state index contributed by atoms with van der Waals surface area (Å²) in [7, 11) is 0. The predicted molar refractivity (Wildman–Crippen MR) is 221 cm³/mol. The molecule has 12 rings (SSSR count). The lowest BCUT2D eigenvalue weighted by Gasteiger charge is -2.14. The molecule has 0 amide bonds. The van der Waals surface area contributed by atoms with Gasteiger partial charge in [0.05, 0.1) is 34.3 Å². The Labute approximate surface area is 307 Å². The Kier molecular flexibility index (Phi) is 5.78. The molecule has 8 aromatic carbocycles. The minimum absolute atomic E-state index is 0.583. The average molecular weight is 690 g/mol. The first-order valence-electron chi connectivity index (χ1n) is 18.0. The molecule has 0 saturated carbocycles. The van der Waals surface area contributed by atoms with Gasteiger partial charge in [0.2, 0.25) is 5.69 Å². The number of hydrogen-bond donors (Lipinski definition) is 0. The lowest BCUT2D eigenvalue weighted by Crippen LogP contribution is -1.96. The molecular weight excluding hydrogens is 663 g/mol. The topological polar surface area (TPSA) is 40.5 Å². The molecule has 12 aromatic rings. The number of furan rings is 2. The third kappa shape index (κ3) is 3.97. The second kappa shape index (κ2) is 10.7. The molecule has 0 fully saturated rings. The van der Waals surface area contributed by atoms with Crippen molar-refractivity contribution in [1.82, 2.24) is 9.13 Å². The molecule has 0 N–H and O–H groups in total. The highest BCUT2D eigenvalue weighted by Crippen LogP contribution is 2.42. The van der Waals surface area contributed by atoms with Crippen molar-refractivity contribution in [2.24, 2.45) is 0 Å². The van der Waals surface area contributed by atoms with E-state index in [1.165, 1.54) is 10.8 Å². The van der Waals surface area contributed by atoms with E-state index in [4.69, 9.17) is 15.4 Å². The van der Waals surface area contributed by atoms with Gasteiger partial charge in [0, 0.05) is 60.9 Å². The second-order valence-electron chi connectivity index (χ2n) is 14.0. The zero-order valence-corrected chi connectivity index (χ0v) is 28.7. The first kappa shape index (κ1) is 29.1. The molecule has 0 bridgehead atoms. The van der Waals surface area contributed by atoms with Crippen molar-refractivity contribution in [2.75, 3.05) is 0 Å². The Morgan fingerprint density at radius 1 is 0.370 bits per heavy atom. The number of para-hydroxylation sites is 4.